The first kappa shape index (κ1) is 7.13. The largest absolute Gasteiger partial charge is 0.298 e. The summed E-state index contributed by atoms with van der Waals surface area (Å²) in [6.45, 7) is 4.14. The number of Topliss-reactive ketones (excluding diaryl/α,β-unsaturated/α-hetero) is 1. The SMILES string of the molecule is CCC1CC(=O)C(C)S1. The Labute approximate surface area is 60.2 Å². The van der Waals surface area contributed by atoms with Gasteiger partial charge in [-0.05, 0) is 13.3 Å². The molecule has 2 unspecified atom stereocenters. The summed E-state index contributed by atoms with van der Waals surface area (Å²) in [5, 5.41) is 0.891. The molecule has 2 atom stereocenters. The van der Waals surface area contributed by atoms with Crippen molar-refractivity contribution in [3.05, 3.63) is 0 Å². The summed E-state index contributed by atoms with van der Waals surface area (Å²) in [6.07, 6.45) is 1.95. The molecule has 1 heterocycles. The highest BCUT2D eigenvalue weighted by atomic mass is 32.2. The van der Waals surface area contributed by atoms with Crippen LogP contribution < -0.4 is 0 Å². The van der Waals surface area contributed by atoms with Crippen molar-refractivity contribution in [3.8, 4) is 0 Å². The summed E-state index contributed by atoms with van der Waals surface area (Å²) in [5.41, 5.74) is 0. The first-order chi connectivity index (χ1) is 4.24. The average molecular weight is 144 g/mol. The van der Waals surface area contributed by atoms with E-state index >= 15 is 0 Å². The van der Waals surface area contributed by atoms with Gasteiger partial charge < -0.3 is 0 Å². The van der Waals surface area contributed by atoms with Gasteiger partial charge in [0.25, 0.3) is 0 Å². The maximum Gasteiger partial charge on any atom is 0.146 e. The van der Waals surface area contributed by atoms with Gasteiger partial charge in [-0.25, -0.2) is 0 Å². The van der Waals surface area contributed by atoms with E-state index in [1.165, 1.54) is 0 Å². The lowest BCUT2D eigenvalue weighted by Gasteiger charge is -2.00. The standard InChI is InChI=1S/C7H12OS/c1-3-6-4-7(8)5(2)9-6/h5-6H,3-4H2,1-2H3. The van der Waals surface area contributed by atoms with Crippen LogP contribution in [-0.4, -0.2) is 16.3 Å². The third-order valence-corrected chi connectivity index (χ3v) is 3.29. The Bertz CT molecular complexity index is 122. The van der Waals surface area contributed by atoms with Crippen LogP contribution in [0, 0.1) is 0 Å². The Morgan fingerprint density at radius 2 is 2.44 bits per heavy atom. The third-order valence-electron chi connectivity index (χ3n) is 1.73. The molecule has 0 aromatic heterocycles. The second-order valence-electron chi connectivity index (χ2n) is 2.48. The molecule has 0 aliphatic carbocycles. The van der Waals surface area contributed by atoms with Gasteiger partial charge in [-0.2, -0.15) is 0 Å². The maximum atomic E-state index is 10.9. The second kappa shape index (κ2) is 2.74. The minimum atomic E-state index is 0.273. The highest BCUT2D eigenvalue weighted by Gasteiger charge is 2.27. The fraction of sp³-hybridized carbons (Fsp3) is 0.857. The van der Waals surface area contributed by atoms with Crippen molar-refractivity contribution in [2.45, 2.75) is 37.2 Å². The summed E-state index contributed by atoms with van der Waals surface area (Å²) >= 11 is 1.82. The fourth-order valence-corrected chi connectivity index (χ4v) is 2.32. The summed E-state index contributed by atoms with van der Waals surface area (Å²) < 4.78 is 0. The lowest BCUT2D eigenvalue weighted by atomic mass is 10.1. The van der Waals surface area contributed by atoms with E-state index in [0.717, 1.165) is 12.8 Å². The van der Waals surface area contributed by atoms with Gasteiger partial charge in [-0.15, -0.1) is 11.8 Å². The molecule has 0 aromatic carbocycles. The molecule has 2 heteroatoms. The van der Waals surface area contributed by atoms with E-state index in [0.29, 0.717) is 11.0 Å². The van der Waals surface area contributed by atoms with Crippen molar-refractivity contribution in [1.29, 1.82) is 0 Å². The molecule has 0 saturated carbocycles. The van der Waals surface area contributed by atoms with Crippen LogP contribution >= 0.6 is 11.8 Å². The number of carbonyl (C=O) groups is 1. The quantitative estimate of drug-likeness (QED) is 0.558. The lowest BCUT2D eigenvalue weighted by Crippen LogP contribution is -2.03. The number of ketones is 1. The molecule has 1 rings (SSSR count). The molecule has 0 radical (unpaired) electrons. The van der Waals surface area contributed by atoms with Crippen molar-refractivity contribution >= 4 is 17.5 Å². The Hall–Kier alpha value is 0.0200. The summed E-state index contributed by atoms with van der Waals surface area (Å²) in [5.74, 6) is 0.437. The molecule has 0 bridgehead atoms. The Morgan fingerprint density at radius 1 is 1.78 bits per heavy atom. The normalized spacial score (nSPS) is 35.6. The Morgan fingerprint density at radius 3 is 2.67 bits per heavy atom. The van der Waals surface area contributed by atoms with Gasteiger partial charge in [0.2, 0.25) is 0 Å². The lowest BCUT2D eigenvalue weighted by molar-refractivity contribution is -0.117. The minimum Gasteiger partial charge on any atom is -0.298 e. The van der Waals surface area contributed by atoms with Crippen LogP contribution in [0.5, 0.6) is 0 Å². The monoisotopic (exact) mass is 144 g/mol. The summed E-state index contributed by atoms with van der Waals surface area (Å²) in [6, 6.07) is 0. The molecule has 1 nitrogen and oxygen atoms in total. The molecule has 9 heavy (non-hydrogen) atoms. The molecule has 1 aliphatic heterocycles. The van der Waals surface area contributed by atoms with Crippen LogP contribution in [0.4, 0.5) is 0 Å². The van der Waals surface area contributed by atoms with Gasteiger partial charge in [0.1, 0.15) is 5.78 Å². The summed E-state index contributed by atoms with van der Waals surface area (Å²) in [4.78, 5) is 10.9. The molecule has 0 aromatic rings. The van der Waals surface area contributed by atoms with Crippen LogP contribution in [0.2, 0.25) is 0 Å². The van der Waals surface area contributed by atoms with Crippen molar-refractivity contribution in [2.24, 2.45) is 0 Å². The zero-order valence-electron chi connectivity index (χ0n) is 5.89. The van der Waals surface area contributed by atoms with Crippen LogP contribution in [0.25, 0.3) is 0 Å². The van der Waals surface area contributed by atoms with Crippen LogP contribution in [0.3, 0.4) is 0 Å². The predicted octanol–water partition coefficient (Wildman–Crippen LogP) is 1.86. The van der Waals surface area contributed by atoms with Crippen molar-refractivity contribution in [1.82, 2.24) is 0 Å². The number of hydrogen-bond acceptors (Lipinski definition) is 2. The first-order valence-electron chi connectivity index (χ1n) is 3.42. The maximum absolute atomic E-state index is 10.9. The topological polar surface area (TPSA) is 17.1 Å². The van der Waals surface area contributed by atoms with E-state index < -0.39 is 0 Å². The van der Waals surface area contributed by atoms with Crippen LogP contribution in [0.1, 0.15) is 26.7 Å². The molecule has 0 spiro atoms. The smallest absolute Gasteiger partial charge is 0.146 e. The third kappa shape index (κ3) is 1.48. The minimum absolute atomic E-state index is 0.273. The highest BCUT2D eigenvalue weighted by Crippen LogP contribution is 2.32. The van der Waals surface area contributed by atoms with Crippen molar-refractivity contribution in [2.75, 3.05) is 0 Å². The van der Waals surface area contributed by atoms with E-state index in [1.807, 2.05) is 18.7 Å². The highest BCUT2D eigenvalue weighted by molar-refractivity contribution is 8.01. The van der Waals surface area contributed by atoms with Crippen molar-refractivity contribution < 1.29 is 4.79 Å². The van der Waals surface area contributed by atoms with Gasteiger partial charge in [-0.3, -0.25) is 4.79 Å². The van der Waals surface area contributed by atoms with Gasteiger partial charge in [0, 0.05) is 11.7 Å². The number of thioether (sulfide) groups is 1. The van der Waals surface area contributed by atoms with E-state index in [4.69, 9.17) is 0 Å². The Kier molecular flexibility index (Phi) is 2.17. The zero-order valence-corrected chi connectivity index (χ0v) is 6.70. The molecule has 1 aliphatic rings. The second-order valence-corrected chi connectivity index (χ2v) is 4.12. The van der Waals surface area contributed by atoms with E-state index in [2.05, 4.69) is 6.92 Å². The van der Waals surface area contributed by atoms with Crippen LogP contribution in [-0.2, 0) is 4.79 Å². The van der Waals surface area contributed by atoms with Gasteiger partial charge in [0.15, 0.2) is 0 Å². The fourth-order valence-electron chi connectivity index (χ4n) is 1.04. The number of rotatable bonds is 1. The van der Waals surface area contributed by atoms with Crippen molar-refractivity contribution in [3.63, 3.8) is 0 Å². The number of hydrogen-bond donors (Lipinski definition) is 0. The first-order valence-corrected chi connectivity index (χ1v) is 4.36. The summed E-state index contributed by atoms with van der Waals surface area (Å²) in [7, 11) is 0. The molecule has 0 N–H and O–H groups in total. The number of carbonyl (C=O) groups excluding carboxylic acids is 1. The van der Waals surface area contributed by atoms with E-state index in [9.17, 15) is 4.79 Å². The van der Waals surface area contributed by atoms with E-state index in [1.54, 1.807) is 0 Å². The Balaban J connectivity index is 2.44. The molecular formula is C7H12OS. The molecule has 52 valence electrons. The molecular weight excluding hydrogens is 132 g/mol. The average Bonchev–Trinajstić information content (AvgIpc) is 2.13. The van der Waals surface area contributed by atoms with Gasteiger partial charge in [-0.1, -0.05) is 6.92 Å². The zero-order chi connectivity index (χ0) is 6.85. The van der Waals surface area contributed by atoms with E-state index in [-0.39, 0.29) is 5.25 Å². The molecule has 1 saturated heterocycles. The van der Waals surface area contributed by atoms with Gasteiger partial charge >= 0.3 is 0 Å². The predicted molar refractivity (Wildman–Crippen MR) is 40.8 cm³/mol. The molecule has 1 fully saturated rings. The molecule has 0 amide bonds. The van der Waals surface area contributed by atoms with Crippen LogP contribution in [0.15, 0.2) is 0 Å². The van der Waals surface area contributed by atoms with Gasteiger partial charge in [0.05, 0.1) is 5.25 Å².